The lowest BCUT2D eigenvalue weighted by molar-refractivity contribution is -0.150. The number of aromatic nitrogens is 3. The number of likely N-dealkylation sites (tertiary alicyclic amines) is 3. The highest BCUT2D eigenvalue weighted by Gasteiger charge is 2.56. The van der Waals surface area contributed by atoms with Crippen molar-refractivity contribution in [2.75, 3.05) is 67.5 Å². The van der Waals surface area contributed by atoms with E-state index in [-0.39, 0.29) is 53.5 Å². The van der Waals surface area contributed by atoms with Gasteiger partial charge >= 0.3 is 0 Å². The number of fused-ring (bicyclic) bond motifs is 3. The van der Waals surface area contributed by atoms with Gasteiger partial charge in [-0.1, -0.05) is 37.6 Å². The van der Waals surface area contributed by atoms with Crippen LogP contribution in [0.4, 0.5) is 17.2 Å². The van der Waals surface area contributed by atoms with Crippen molar-refractivity contribution in [2.24, 2.45) is 11.3 Å². The number of pyridine rings is 1. The number of hydrogen-bond donors (Lipinski definition) is 2. The summed E-state index contributed by atoms with van der Waals surface area (Å²) in [5, 5.41) is 6.19. The average molecular weight is 991 g/mol. The molecule has 4 aromatic rings. The van der Waals surface area contributed by atoms with E-state index in [0.717, 1.165) is 121 Å². The fraction of sp³-hybridized carbons (Fsp3) is 0.603. The maximum absolute atomic E-state index is 15.3. The third-order valence-electron chi connectivity index (χ3n) is 18.7. The number of nitrogens with zero attached hydrogens (tertiary/aromatic N) is 8. The van der Waals surface area contributed by atoms with Gasteiger partial charge in [0.05, 0.1) is 28.9 Å². The fourth-order valence-corrected chi connectivity index (χ4v) is 13.9. The Hall–Kier alpha value is -5.83. The first-order valence-electron chi connectivity index (χ1n) is 27.9. The SMILES string of the molecule is Cc1cc(C2CCC(=O)NC2=O)ccc1N1CCC(C(=O)N2CCC(C)(C(=O)N3CCC4(CC3)C(=O)N(C3CC(N5CCCCC5)C3)c3cc(-c5cc6ncn(C(C)C)c6c(NC6CC6)n5)ccc34)CC2)CC1. The molecular weight excluding hydrogens is 917 g/mol. The molecule has 8 heterocycles. The zero-order valence-corrected chi connectivity index (χ0v) is 43.5. The Bertz CT molecular complexity index is 2830. The molecule has 2 N–H and O–H groups in total. The van der Waals surface area contributed by atoms with E-state index in [9.17, 15) is 19.2 Å². The van der Waals surface area contributed by atoms with Crippen LogP contribution >= 0.6 is 0 Å². The number of piperidine rings is 5. The summed E-state index contributed by atoms with van der Waals surface area (Å²) in [6, 6.07) is 16.2. The molecule has 2 aliphatic carbocycles. The molecule has 6 aliphatic heterocycles. The molecule has 386 valence electrons. The van der Waals surface area contributed by atoms with Gasteiger partial charge in [-0.2, -0.15) is 0 Å². The van der Waals surface area contributed by atoms with E-state index >= 15 is 4.79 Å². The lowest BCUT2D eigenvalue weighted by Crippen LogP contribution is -2.59. The lowest BCUT2D eigenvalue weighted by Gasteiger charge is -2.48. The second-order valence-corrected chi connectivity index (χ2v) is 23.7. The molecular formula is C58H74N10O5. The molecule has 2 aromatic carbocycles. The van der Waals surface area contributed by atoms with Crippen molar-refractivity contribution in [3.8, 4) is 11.3 Å². The molecule has 15 heteroatoms. The van der Waals surface area contributed by atoms with Gasteiger partial charge < -0.3 is 34.4 Å². The maximum atomic E-state index is 15.3. The highest BCUT2D eigenvalue weighted by Crippen LogP contribution is 2.53. The van der Waals surface area contributed by atoms with E-state index in [1.807, 2.05) is 22.2 Å². The Morgan fingerprint density at radius 2 is 1.51 bits per heavy atom. The summed E-state index contributed by atoms with van der Waals surface area (Å²) in [6.45, 7) is 14.6. The van der Waals surface area contributed by atoms with Crippen molar-refractivity contribution < 1.29 is 24.0 Å². The third kappa shape index (κ3) is 8.68. The molecule has 2 aromatic heterocycles. The normalized spacial score (nSPS) is 25.6. The number of hydrogen-bond acceptors (Lipinski definition) is 10. The summed E-state index contributed by atoms with van der Waals surface area (Å²) in [4.78, 5) is 89.5. The highest BCUT2D eigenvalue weighted by atomic mass is 16.2. The van der Waals surface area contributed by atoms with Crippen LogP contribution in [0.5, 0.6) is 0 Å². The standard InChI is InChI=1S/C58H74N10O5/c1-36(2)67-35-59-47-34-46(61-52(51(47)67)60-41-10-11-41)40-8-13-45-49(31-40)68(43-32-42(33-43)63-22-6-5-7-23-63)56(73)58(45)20-28-66(29-21-58)55(72)57(4)18-26-65(27-19-57)54(71)38-16-24-64(25-17-38)48-14-9-39(30-37(48)3)44-12-15-50(69)62-53(44)70/h8-9,13-14,30-31,34-36,38,41-44H,5-7,10-12,15-29,32-33H2,1-4H3,(H,60,61)(H,62,69,70). The molecule has 73 heavy (non-hydrogen) atoms. The molecule has 1 spiro atoms. The molecule has 15 nitrogen and oxygen atoms in total. The molecule has 0 radical (unpaired) electrons. The Labute approximate surface area is 429 Å². The summed E-state index contributed by atoms with van der Waals surface area (Å²) in [5.74, 6) is 0.639. The number of rotatable bonds is 10. The van der Waals surface area contributed by atoms with Crippen LogP contribution in [0.2, 0.25) is 0 Å². The van der Waals surface area contributed by atoms with Crippen molar-refractivity contribution in [1.82, 2.24) is 34.6 Å². The van der Waals surface area contributed by atoms with E-state index in [2.05, 4.69) is 94.0 Å². The van der Waals surface area contributed by atoms with Crippen molar-refractivity contribution in [3.05, 3.63) is 65.5 Å². The topological polar surface area (TPSA) is 156 Å². The number of nitrogens with one attached hydrogen (secondary N) is 2. The number of benzene rings is 2. The molecule has 2 saturated carbocycles. The number of amides is 5. The molecule has 1 atom stereocenters. The Morgan fingerprint density at radius 3 is 2.19 bits per heavy atom. The highest BCUT2D eigenvalue weighted by molar-refractivity contribution is 6.09. The van der Waals surface area contributed by atoms with Crippen molar-refractivity contribution >= 4 is 57.8 Å². The van der Waals surface area contributed by atoms with Gasteiger partial charge in [-0.15, -0.1) is 0 Å². The van der Waals surface area contributed by atoms with Gasteiger partial charge in [0.15, 0.2) is 5.82 Å². The molecule has 5 amide bonds. The van der Waals surface area contributed by atoms with Crippen molar-refractivity contribution in [3.63, 3.8) is 0 Å². The van der Waals surface area contributed by atoms with Crippen LogP contribution in [0.1, 0.15) is 146 Å². The average Bonchev–Trinajstić information content (AvgIpc) is 4.05. The van der Waals surface area contributed by atoms with Crippen LogP contribution in [-0.2, 0) is 29.4 Å². The number of carbonyl (C=O) groups excluding carboxylic acids is 5. The summed E-state index contributed by atoms with van der Waals surface area (Å²) >= 11 is 0. The van der Waals surface area contributed by atoms with Gasteiger partial charge in [-0.05, 0) is 152 Å². The molecule has 8 aliphatic rings. The zero-order valence-electron chi connectivity index (χ0n) is 43.5. The van der Waals surface area contributed by atoms with Crippen molar-refractivity contribution in [2.45, 2.75) is 160 Å². The van der Waals surface area contributed by atoms with Crippen molar-refractivity contribution in [1.29, 1.82) is 0 Å². The second kappa shape index (κ2) is 18.8. The fourth-order valence-electron chi connectivity index (χ4n) is 13.9. The second-order valence-electron chi connectivity index (χ2n) is 23.7. The van der Waals surface area contributed by atoms with Crippen LogP contribution in [0.25, 0.3) is 22.3 Å². The zero-order chi connectivity index (χ0) is 50.3. The molecule has 7 fully saturated rings. The number of aryl methyl sites for hydroxylation is 1. The van der Waals surface area contributed by atoms with E-state index in [4.69, 9.17) is 9.97 Å². The van der Waals surface area contributed by atoms with E-state index in [1.54, 1.807) is 0 Å². The smallest absolute Gasteiger partial charge is 0.238 e. The molecule has 0 bridgehead atoms. The van der Waals surface area contributed by atoms with Crippen LogP contribution in [-0.4, -0.2) is 129 Å². The Balaban J connectivity index is 0.707. The van der Waals surface area contributed by atoms with Crippen LogP contribution in [0.15, 0.2) is 48.8 Å². The summed E-state index contributed by atoms with van der Waals surface area (Å²) in [5.41, 5.74) is 7.81. The van der Waals surface area contributed by atoms with Gasteiger partial charge in [-0.3, -0.25) is 29.3 Å². The largest absolute Gasteiger partial charge is 0.371 e. The first-order valence-corrected chi connectivity index (χ1v) is 27.9. The molecule has 5 saturated heterocycles. The minimum Gasteiger partial charge on any atom is -0.371 e. The predicted molar refractivity (Wildman–Crippen MR) is 282 cm³/mol. The number of imide groups is 1. The lowest BCUT2D eigenvalue weighted by atomic mass is 9.72. The van der Waals surface area contributed by atoms with E-state index < -0.39 is 10.8 Å². The minimum atomic E-state index is -0.683. The monoisotopic (exact) mass is 991 g/mol. The Kier molecular flexibility index (Phi) is 12.4. The number of carbonyl (C=O) groups is 5. The first kappa shape index (κ1) is 48.1. The number of imidazole rings is 1. The summed E-state index contributed by atoms with van der Waals surface area (Å²) < 4.78 is 2.20. The van der Waals surface area contributed by atoms with E-state index in [0.29, 0.717) is 76.8 Å². The summed E-state index contributed by atoms with van der Waals surface area (Å²) in [6.07, 6.45) is 14.9. The quantitative estimate of drug-likeness (QED) is 0.150. The molecule has 12 rings (SSSR count). The Morgan fingerprint density at radius 1 is 0.781 bits per heavy atom. The number of anilines is 3. The van der Waals surface area contributed by atoms with Gasteiger partial charge in [-0.25, -0.2) is 9.97 Å². The van der Waals surface area contributed by atoms with Gasteiger partial charge in [0.25, 0.3) is 0 Å². The first-order chi connectivity index (χ1) is 35.3. The van der Waals surface area contributed by atoms with Gasteiger partial charge in [0, 0.05) is 98.1 Å². The van der Waals surface area contributed by atoms with Crippen LogP contribution < -0.4 is 20.4 Å². The molecule has 1 unspecified atom stereocenters. The van der Waals surface area contributed by atoms with Crippen LogP contribution in [0, 0.1) is 18.3 Å². The third-order valence-corrected chi connectivity index (χ3v) is 18.7. The maximum Gasteiger partial charge on any atom is 0.238 e. The minimum absolute atomic E-state index is 0.0491. The van der Waals surface area contributed by atoms with Gasteiger partial charge in [0.2, 0.25) is 29.5 Å². The van der Waals surface area contributed by atoms with E-state index in [1.165, 1.54) is 19.3 Å². The summed E-state index contributed by atoms with van der Waals surface area (Å²) in [7, 11) is 0. The van der Waals surface area contributed by atoms with Crippen LogP contribution in [0.3, 0.4) is 0 Å². The van der Waals surface area contributed by atoms with Gasteiger partial charge in [0.1, 0.15) is 5.52 Å². The predicted octanol–water partition coefficient (Wildman–Crippen LogP) is 7.85.